The van der Waals surface area contributed by atoms with Gasteiger partial charge in [-0.1, -0.05) is 13.8 Å². The highest BCUT2D eigenvalue weighted by atomic mass is 32.1. The van der Waals surface area contributed by atoms with E-state index < -0.39 is 0 Å². The Kier molecular flexibility index (Phi) is 4.25. The molecule has 0 saturated carbocycles. The zero-order valence-corrected chi connectivity index (χ0v) is 11.8. The lowest BCUT2D eigenvalue weighted by Gasteiger charge is -2.12. The fourth-order valence-corrected chi connectivity index (χ4v) is 2.41. The van der Waals surface area contributed by atoms with Gasteiger partial charge in [0.1, 0.15) is 5.82 Å². The quantitative estimate of drug-likeness (QED) is 0.898. The van der Waals surface area contributed by atoms with Crippen molar-refractivity contribution in [2.24, 2.45) is 0 Å². The maximum absolute atomic E-state index is 4.61. The summed E-state index contributed by atoms with van der Waals surface area (Å²) >= 11 is 1.57. The maximum atomic E-state index is 4.61. The summed E-state index contributed by atoms with van der Waals surface area (Å²) < 4.78 is 0. The minimum Gasteiger partial charge on any atom is -0.370 e. The van der Waals surface area contributed by atoms with Crippen molar-refractivity contribution >= 4 is 17.2 Å². The van der Waals surface area contributed by atoms with Crippen LogP contribution < -0.4 is 5.32 Å². The molecular formula is C13H18N4S. The summed E-state index contributed by atoms with van der Waals surface area (Å²) in [5.41, 5.74) is 2.24. The van der Waals surface area contributed by atoms with E-state index in [2.05, 4.69) is 34.1 Å². The number of nitrogens with zero attached hydrogens (tertiary/aromatic N) is 3. The monoisotopic (exact) mass is 262 g/mol. The number of thiazole rings is 1. The van der Waals surface area contributed by atoms with Crippen molar-refractivity contribution < 1.29 is 0 Å². The van der Waals surface area contributed by atoms with Gasteiger partial charge in [-0.3, -0.25) is 0 Å². The smallest absolute Gasteiger partial charge is 0.190 e. The van der Waals surface area contributed by atoms with Crippen LogP contribution in [0.2, 0.25) is 0 Å². The largest absolute Gasteiger partial charge is 0.370 e. The van der Waals surface area contributed by atoms with E-state index in [1.165, 1.54) is 5.56 Å². The number of rotatable bonds is 5. The minimum absolute atomic E-state index is 0.721. The molecule has 0 aliphatic carbocycles. The first-order valence-electron chi connectivity index (χ1n) is 6.27. The number of aromatic nitrogens is 3. The molecule has 4 nitrogen and oxygen atoms in total. The molecule has 0 aliphatic rings. The fraction of sp³-hybridized carbons (Fsp3) is 0.462. The normalized spacial score (nSPS) is 10.6. The molecule has 0 unspecified atom stereocenters. The number of hydrogen-bond donors (Lipinski definition) is 1. The van der Waals surface area contributed by atoms with Crippen LogP contribution in [0.15, 0.2) is 11.6 Å². The van der Waals surface area contributed by atoms with Gasteiger partial charge in [0, 0.05) is 29.4 Å². The highest BCUT2D eigenvalue weighted by Crippen LogP contribution is 2.23. The Morgan fingerprint density at radius 1 is 1.28 bits per heavy atom. The lowest BCUT2D eigenvalue weighted by molar-refractivity contribution is 0.938. The second-order valence-corrected chi connectivity index (χ2v) is 4.97. The van der Waals surface area contributed by atoms with E-state index in [0.717, 1.165) is 41.7 Å². The van der Waals surface area contributed by atoms with E-state index in [1.54, 1.807) is 17.5 Å². The summed E-state index contributed by atoms with van der Waals surface area (Å²) in [5, 5.41) is 6.20. The highest BCUT2D eigenvalue weighted by Gasteiger charge is 2.12. The van der Waals surface area contributed by atoms with Crippen LogP contribution in [0.1, 0.15) is 31.5 Å². The number of nitrogens with one attached hydrogen (secondary N) is 1. The van der Waals surface area contributed by atoms with Crippen molar-refractivity contribution in [3.8, 4) is 10.8 Å². The third-order valence-corrected chi connectivity index (χ3v) is 3.50. The summed E-state index contributed by atoms with van der Waals surface area (Å²) in [6.07, 6.45) is 3.81. The second kappa shape index (κ2) is 5.91. The molecular weight excluding hydrogens is 244 g/mol. The van der Waals surface area contributed by atoms with Crippen LogP contribution in [-0.2, 0) is 6.42 Å². The third kappa shape index (κ3) is 2.67. The number of anilines is 1. The van der Waals surface area contributed by atoms with Gasteiger partial charge in [-0.15, -0.1) is 11.3 Å². The lowest BCUT2D eigenvalue weighted by Crippen LogP contribution is -2.09. The van der Waals surface area contributed by atoms with Gasteiger partial charge in [0.25, 0.3) is 0 Å². The molecule has 1 N–H and O–H groups in total. The molecule has 2 aromatic rings. The zero-order chi connectivity index (χ0) is 13.0. The van der Waals surface area contributed by atoms with Crippen molar-refractivity contribution in [3.63, 3.8) is 0 Å². The molecule has 0 atom stereocenters. The van der Waals surface area contributed by atoms with Crippen LogP contribution in [0.25, 0.3) is 10.8 Å². The van der Waals surface area contributed by atoms with Crippen LogP contribution in [0.3, 0.4) is 0 Å². The predicted octanol–water partition coefficient (Wildman–Crippen LogP) is 3.29. The first kappa shape index (κ1) is 13.0. The molecule has 0 aromatic carbocycles. The molecule has 0 radical (unpaired) electrons. The standard InChI is InChI=1S/C13H18N4S/c1-4-6-14-11-10(5-2)9(3)16-12(17-11)13-15-7-8-18-13/h7-8H,4-6H2,1-3H3,(H,14,16,17). The van der Waals surface area contributed by atoms with Gasteiger partial charge >= 0.3 is 0 Å². The molecule has 0 aliphatic heterocycles. The average molecular weight is 262 g/mol. The van der Waals surface area contributed by atoms with Crippen LogP contribution >= 0.6 is 11.3 Å². The van der Waals surface area contributed by atoms with Gasteiger partial charge in [-0.25, -0.2) is 15.0 Å². The highest BCUT2D eigenvalue weighted by molar-refractivity contribution is 7.13. The van der Waals surface area contributed by atoms with Crippen molar-refractivity contribution in [2.45, 2.75) is 33.6 Å². The van der Waals surface area contributed by atoms with Crippen LogP contribution in [0, 0.1) is 6.92 Å². The maximum Gasteiger partial charge on any atom is 0.190 e. The SMILES string of the molecule is CCCNc1nc(-c2nccs2)nc(C)c1CC. The minimum atomic E-state index is 0.721. The van der Waals surface area contributed by atoms with Crippen LogP contribution in [-0.4, -0.2) is 21.5 Å². The fourth-order valence-electron chi connectivity index (χ4n) is 1.84. The Labute approximate surface area is 112 Å². The Bertz CT molecular complexity index is 508. The molecule has 0 spiro atoms. The molecule has 0 saturated heterocycles. The van der Waals surface area contributed by atoms with E-state index in [9.17, 15) is 0 Å². The number of aryl methyl sites for hydroxylation is 1. The van der Waals surface area contributed by atoms with Crippen molar-refractivity contribution in [2.75, 3.05) is 11.9 Å². The molecule has 0 fully saturated rings. The summed E-state index contributed by atoms with van der Waals surface area (Å²) in [6.45, 7) is 7.25. The lowest BCUT2D eigenvalue weighted by atomic mass is 10.1. The Morgan fingerprint density at radius 3 is 2.72 bits per heavy atom. The molecule has 2 heterocycles. The first-order chi connectivity index (χ1) is 8.76. The molecule has 0 amide bonds. The Hall–Kier alpha value is -1.49. The molecule has 96 valence electrons. The van der Waals surface area contributed by atoms with Gasteiger partial charge < -0.3 is 5.32 Å². The third-order valence-electron chi connectivity index (χ3n) is 2.73. The summed E-state index contributed by atoms with van der Waals surface area (Å²) in [5.74, 6) is 1.68. The predicted molar refractivity (Wildman–Crippen MR) is 76.0 cm³/mol. The zero-order valence-electron chi connectivity index (χ0n) is 11.0. The van der Waals surface area contributed by atoms with Gasteiger partial charge in [-0.05, 0) is 19.8 Å². The van der Waals surface area contributed by atoms with Gasteiger partial charge in [0.2, 0.25) is 0 Å². The van der Waals surface area contributed by atoms with Gasteiger partial charge in [0.05, 0.1) is 0 Å². The van der Waals surface area contributed by atoms with E-state index in [-0.39, 0.29) is 0 Å². The average Bonchev–Trinajstić information content (AvgIpc) is 2.89. The molecule has 0 bridgehead atoms. The van der Waals surface area contributed by atoms with Crippen molar-refractivity contribution in [1.82, 2.24) is 15.0 Å². The Morgan fingerprint density at radius 2 is 2.11 bits per heavy atom. The van der Waals surface area contributed by atoms with Gasteiger partial charge in [0.15, 0.2) is 10.8 Å². The summed E-state index contributed by atoms with van der Waals surface area (Å²) in [4.78, 5) is 13.4. The summed E-state index contributed by atoms with van der Waals surface area (Å²) in [7, 11) is 0. The van der Waals surface area contributed by atoms with Crippen molar-refractivity contribution in [3.05, 3.63) is 22.8 Å². The van der Waals surface area contributed by atoms with E-state index in [0.29, 0.717) is 0 Å². The first-order valence-corrected chi connectivity index (χ1v) is 7.15. The Balaban J connectivity index is 2.42. The van der Waals surface area contributed by atoms with E-state index >= 15 is 0 Å². The van der Waals surface area contributed by atoms with Gasteiger partial charge in [-0.2, -0.15) is 0 Å². The summed E-state index contributed by atoms with van der Waals surface area (Å²) in [6, 6.07) is 0. The molecule has 5 heteroatoms. The number of hydrogen-bond acceptors (Lipinski definition) is 5. The topological polar surface area (TPSA) is 50.7 Å². The molecule has 2 rings (SSSR count). The van der Waals surface area contributed by atoms with E-state index in [4.69, 9.17) is 0 Å². The van der Waals surface area contributed by atoms with Crippen molar-refractivity contribution in [1.29, 1.82) is 0 Å². The molecule has 18 heavy (non-hydrogen) atoms. The molecule has 2 aromatic heterocycles. The van der Waals surface area contributed by atoms with Crippen LogP contribution in [0.4, 0.5) is 5.82 Å². The van der Waals surface area contributed by atoms with Crippen LogP contribution in [0.5, 0.6) is 0 Å². The van der Waals surface area contributed by atoms with E-state index in [1.807, 2.05) is 12.3 Å². The second-order valence-electron chi connectivity index (χ2n) is 4.08.